The third-order valence-corrected chi connectivity index (χ3v) is 2.75. The van der Waals surface area contributed by atoms with Gasteiger partial charge in [0, 0.05) is 0 Å². The van der Waals surface area contributed by atoms with Crippen molar-refractivity contribution >= 4 is 17.3 Å². The minimum absolute atomic E-state index is 0.297. The van der Waals surface area contributed by atoms with Crippen molar-refractivity contribution in [2.75, 3.05) is 0 Å². The van der Waals surface area contributed by atoms with Crippen molar-refractivity contribution < 1.29 is 9.90 Å². The molecule has 0 heterocycles. The minimum atomic E-state index is -1.00. The monoisotopic (exact) mass is 269 g/mol. The van der Waals surface area contributed by atoms with Gasteiger partial charge < -0.3 is 10.8 Å². The first kappa shape index (κ1) is 13.9. The number of carboxylic acids is 1. The van der Waals surface area contributed by atoms with Gasteiger partial charge >= 0.3 is 5.97 Å². The van der Waals surface area contributed by atoms with Crippen LogP contribution in [0.25, 0.3) is 0 Å². The van der Waals surface area contributed by atoms with Crippen molar-refractivity contribution in [1.82, 2.24) is 0 Å². The molecule has 102 valence electrons. The quantitative estimate of drug-likeness (QED) is 0.817. The zero-order chi connectivity index (χ0) is 14.4. The Morgan fingerprint density at radius 1 is 1.00 bits per heavy atom. The Morgan fingerprint density at radius 2 is 1.55 bits per heavy atom. The summed E-state index contributed by atoms with van der Waals surface area (Å²) in [4.78, 5) is 10.7. The standard InChI is InChI=1S/C15H15N3O2/c16-14(15(19)20)10-11-6-8-13(9-7-11)18-17-12-4-2-1-3-5-12/h1-9,14H,10,16H2,(H,19,20)/b18-17+/t14-/m1/s1. The second-order valence-corrected chi connectivity index (χ2v) is 4.35. The first-order chi connectivity index (χ1) is 9.65. The molecule has 3 N–H and O–H groups in total. The second kappa shape index (κ2) is 6.58. The van der Waals surface area contributed by atoms with Gasteiger partial charge in [-0.25, -0.2) is 0 Å². The van der Waals surface area contributed by atoms with Crippen molar-refractivity contribution in [2.24, 2.45) is 16.0 Å². The first-order valence-electron chi connectivity index (χ1n) is 6.19. The maximum absolute atomic E-state index is 10.7. The number of aliphatic carboxylic acids is 1. The molecule has 0 saturated carbocycles. The summed E-state index contributed by atoms with van der Waals surface area (Å²) in [5.74, 6) is -1.00. The van der Waals surface area contributed by atoms with E-state index >= 15 is 0 Å². The fourth-order valence-corrected chi connectivity index (χ4v) is 1.65. The van der Waals surface area contributed by atoms with Crippen LogP contribution in [0, 0.1) is 0 Å². The lowest BCUT2D eigenvalue weighted by Gasteiger charge is -2.05. The summed E-state index contributed by atoms with van der Waals surface area (Å²) in [6.45, 7) is 0. The van der Waals surface area contributed by atoms with Crippen molar-refractivity contribution in [3.63, 3.8) is 0 Å². The molecule has 2 rings (SSSR count). The van der Waals surface area contributed by atoms with E-state index in [1.807, 2.05) is 42.5 Å². The smallest absolute Gasteiger partial charge is 0.320 e. The predicted octanol–water partition coefficient (Wildman–Crippen LogP) is 3.06. The SMILES string of the molecule is N[C@H](Cc1ccc(/N=N/c2ccccc2)cc1)C(=O)O. The van der Waals surface area contributed by atoms with Gasteiger partial charge in [-0.15, -0.1) is 0 Å². The highest BCUT2D eigenvalue weighted by molar-refractivity contribution is 5.73. The second-order valence-electron chi connectivity index (χ2n) is 4.35. The van der Waals surface area contributed by atoms with Crippen LogP contribution in [-0.2, 0) is 11.2 Å². The van der Waals surface area contributed by atoms with E-state index in [9.17, 15) is 4.79 Å². The van der Waals surface area contributed by atoms with E-state index in [-0.39, 0.29) is 0 Å². The topological polar surface area (TPSA) is 88.0 Å². The van der Waals surface area contributed by atoms with Gasteiger partial charge in [0.1, 0.15) is 6.04 Å². The molecule has 0 aliphatic rings. The van der Waals surface area contributed by atoms with Crippen LogP contribution >= 0.6 is 0 Å². The average molecular weight is 269 g/mol. The van der Waals surface area contributed by atoms with Crippen molar-refractivity contribution in [2.45, 2.75) is 12.5 Å². The van der Waals surface area contributed by atoms with Crippen LogP contribution < -0.4 is 5.73 Å². The van der Waals surface area contributed by atoms with Gasteiger partial charge in [-0.2, -0.15) is 10.2 Å². The third-order valence-electron chi connectivity index (χ3n) is 2.75. The molecule has 0 radical (unpaired) electrons. The number of nitrogens with two attached hydrogens (primary N) is 1. The highest BCUT2D eigenvalue weighted by Crippen LogP contribution is 2.18. The lowest BCUT2D eigenvalue weighted by Crippen LogP contribution is -2.32. The molecule has 0 aliphatic heterocycles. The Labute approximate surface area is 116 Å². The molecule has 0 bridgehead atoms. The highest BCUT2D eigenvalue weighted by atomic mass is 16.4. The molecule has 20 heavy (non-hydrogen) atoms. The summed E-state index contributed by atoms with van der Waals surface area (Å²) in [7, 11) is 0. The fourth-order valence-electron chi connectivity index (χ4n) is 1.65. The Hall–Kier alpha value is -2.53. The lowest BCUT2D eigenvalue weighted by molar-refractivity contribution is -0.138. The van der Waals surface area contributed by atoms with Crippen molar-refractivity contribution in [1.29, 1.82) is 0 Å². The third kappa shape index (κ3) is 4.00. The highest BCUT2D eigenvalue weighted by Gasteiger charge is 2.11. The molecule has 2 aromatic rings. The fraction of sp³-hybridized carbons (Fsp3) is 0.133. The molecule has 5 heteroatoms. The van der Waals surface area contributed by atoms with Crippen LogP contribution in [-0.4, -0.2) is 17.1 Å². The largest absolute Gasteiger partial charge is 0.480 e. The molecule has 2 aromatic carbocycles. The number of hydrogen-bond acceptors (Lipinski definition) is 4. The molecule has 0 spiro atoms. The van der Waals surface area contributed by atoms with Gasteiger partial charge in [-0.3, -0.25) is 4.79 Å². The zero-order valence-corrected chi connectivity index (χ0v) is 10.8. The average Bonchev–Trinajstić information content (AvgIpc) is 2.47. The van der Waals surface area contributed by atoms with Crippen LogP contribution in [0.4, 0.5) is 11.4 Å². The molecule has 0 amide bonds. The molecule has 0 unspecified atom stereocenters. The van der Waals surface area contributed by atoms with Crippen LogP contribution in [0.1, 0.15) is 5.56 Å². The predicted molar refractivity (Wildman–Crippen MR) is 76.4 cm³/mol. The minimum Gasteiger partial charge on any atom is -0.480 e. The maximum Gasteiger partial charge on any atom is 0.320 e. The van der Waals surface area contributed by atoms with Gasteiger partial charge in [0.15, 0.2) is 0 Å². The van der Waals surface area contributed by atoms with Crippen LogP contribution in [0.3, 0.4) is 0 Å². The summed E-state index contributed by atoms with van der Waals surface area (Å²) >= 11 is 0. The van der Waals surface area contributed by atoms with E-state index in [1.165, 1.54) is 0 Å². The number of rotatable bonds is 5. The number of azo groups is 1. The van der Waals surface area contributed by atoms with Gasteiger partial charge in [-0.05, 0) is 36.2 Å². The molecule has 0 aromatic heterocycles. The Bertz CT molecular complexity index is 594. The summed E-state index contributed by atoms with van der Waals surface area (Å²) < 4.78 is 0. The molecular formula is C15H15N3O2. The number of carboxylic acid groups (broad SMARTS) is 1. The summed E-state index contributed by atoms with van der Waals surface area (Å²) in [6.07, 6.45) is 0.297. The molecule has 1 atom stereocenters. The Morgan fingerprint density at radius 3 is 2.10 bits per heavy atom. The zero-order valence-electron chi connectivity index (χ0n) is 10.8. The number of benzene rings is 2. The van der Waals surface area contributed by atoms with E-state index < -0.39 is 12.0 Å². The summed E-state index contributed by atoms with van der Waals surface area (Å²) in [6, 6.07) is 15.7. The Balaban J connectivity index is 2.02. The van der Waals surface area contributed by atoms with Gasteiger partial charge in [0.25, 0.3) is 0 Å². The van der Waals surface area contributed by atoms with Gasteiger partial charge in [0.05, 0.1) is 11.4 Å². The Kier molecular flexibility index (Phi) is 4.57. The van der Waals surface area contributed by atoms with Gasteiger partial charge in [-0.1, -0.05) is 30.3 Å². The normalized spacial score (nSPS) is 12.4. The van der Waals surface area contributed by atoms with E-state index in [4.69, 9.17) is 10.8 Å². The number of nitrogens with zero attached hydrogens (tertiary/aromatic N) is 2. The summed E-state index contributed by atoms with van der Waals surface area (Å²) in [5, 5.41) is 17.0. The molecule has 0 aliphatic carbocycles. The van der Waals surface area contributed by atoms with E-state index in [2.05, 4.69) is 10.2 Å². The first-order valence-corrected chi connectivity index (χ1v) is 6.19. The van der Waals surface area contributed by atoms with Crippen LogP contribution in [0.15, 0.2) is 64.8 Å². The number of hydrogen-bond donors (Lipinski definition) is 2. The molecule has 0 fully saturated rings. The van der Waals surface area contributed by atoms with Crippen LogP contribution in [0.5, 0.6) is 0 Å². The van der Waals surface area contributed by atoms with Crippen molar-refractivity contribution in [3.05, 3.63) is 60.2 Å². The van der Waals surface area contributed by atoms with E-state index in [0.717, 1.165) is 11.3 Å². The van der Waals surface area contributed by atoms with E-state index in [0.29, 0.717) is 12.1 Å². The molecule has 5 nitrogen and oxygen atoms in total. The molecule has 0 saturated heterocycles. The van der Waals surface area contributed by atoms with Crippen molar-refractivity contribution in [3.8, 4) is 0 Å². The lowest BCUT2D eigenvalue weighted by atomic mass is 10.1. The summed E-state index contributed by atoms with van der Waals surface area (Å²) in [5.41, 5.74) is 7.83. The van der Waals surface area contributed by atoms with Crippen LogP contribution in [0.2, 0.25) is 0 Å². The number of carbonyl (C=O) groups is 1. The maximum atomic E-state index is 10.7. The van der Waals surface area contributed by atoms with Gasteiger partial charge in [0.2, 0.25) is 0 Å². The molecular weight excluding hydrogens is 254 g/mol. The van der Waals surface area contributed by atoms with E-state index in [1.54, 1.807) is 12.1 Å².